The van der Waals surface area contributed by atoms with Gasteiger partial charge in [0.05, 0.1) is 6.04 Å². The number of nitrogens with zero attached hydrogens (tertiary/aromatic N) is 2. The number of nitrogens with two attached hydrogens (primary N) is 1. The van der Waals surface area contributed by atoms with Gasteiger partial charge in [0.2, 0.25) is 5.91 Å². The van der Waals surface area contributed by atoms with Gasteiger partial charge in [-0.1, -0.05) is 19.8 Å². The van der Waals surface area contributed by atoms with Crippen LogP contribution in [0, 0.1) is 5.41 Å². The van der Waals surface area contributed by atoms with E-state index in [1.165, 1.54) is 12.8 Å². The summed E-state index contributed by atoms with van der Waals surface area (Å²) in [7, 11) is 2.11. The lowest BCUT2D eigenvalue weighted by Gasteiger charge is -2.43. The average Bonchev–Trinajstić information content (AvgIpc) is 2.87. The van der Waals surface area contributed by atoms with E-state index >= 15 is 0 Å². The second-order valence-corrected chi connectivity index (χ2v) is 5.99. The molecule has 4 nitrogen and oxygen atoms in total. The largest absolute Gasteiger partial charge is 0.335 e. The second-order valence-electron chi connectivity index (χ2n) is 5.99. The maximum absolute atomic E-state index is 12.9. The highest BCUT2D eigenvalue weighted by atomic mass is 16.2. The number of rotatable bonds is 3. The molecular formula is C14H27N3O. The van der Waals surface area contributed by atoms with Crippen LogP contribution < -0.4 is 5.73 Å². The van der Waals surface area contributed by atoms with Gasteiger partial charge >= 0.3 is 0 Å². The summed E-state index contributed by atoms with van der Waals surface area (Å²) in [6.07, 6.45) is 5.55. The summed E-state index contributed by atoms with van der Waals surface area (Å²) >= 11 is 0. The van der Waals surface area contributed by atoms with Gasteiger partial charge in [0.1, 0.15) is 0 Å². The molecule has 1 unspecified atom stereocenters. The SMILES string of the molecule is CCC1(C(=O)N2CCN(C)CC2CN)CCCC1. The Morgan fingerprint density at radius 3 is 2.56 bits per heavy atom. The lowest BCUT2D eigenvalue weighted by Crippen LogP contribution is -2.59. The number of hydrogen-bond donors (Lipinski definition) is 1. The van der Waals surface area contributed by atoms with Gasteiger partial charge in [-0.05, 0) is 26.3 Å². The predicted molar refractivity (Wildman–Crippen MR) is 73.2 cm³/mol. The van der Waals surface area contributed by atoms with Crippen LogP contribution in [-0.2, 0) is 4.79 Å². The van der Waals surface area contributed by atoms with E-state index in [1.54, 1.807) is 0 Å². The van der Waals surface area contributed by atoms with E-state index in [1.807, 2.05) is 0 Å². The smallest absolute Gasteiger partial charge is 0.229 e. The fraction of sp³-hybridized carbons (Fsp3) is 0.929. The van der Waals surface area contributed by atoms with Crippen LogP contribution in [-0.4, -0.2) is 55.0 Å². The topological polar surface area (TPSA) is 49.6 Å². The first-order valence-electron chi connectivity index (χ1n) is 7.32. The van der Waals surface area contributed by atoms with E-state index in [-0.39, 0.29) is 11.5 Å². The molecule has 104 valence electrons. The Hall–Kier alpha value is -0.610. The fourth-order valence-electron chi connectivity index (χ4n) is 3.55. The molecular weight excluding hydrogens is 226 g/mol. The number of amides is 1. The lowest BCUT2D eigenvalue weighted by molar-refractivity contribution is -0.146. The van der Waals surface area contributed by atoms with E-state index in [2.05, 4.69) is 23.8 Å². The first-order valence-corrected chi connectivity index (χ1v) is 7.32. The van der Waals surface area contributed by atoms with Crippen molar-refractivity contribution in [3.05, 3.63) is 0 Å². The number of likely N-dealkylation sites (N-methyl/N-ethyl adjacent to an activating group) is 1. The van der Waals surface area contributed by atoms with Crippen LogP contribution in [0.5, 0.6) is 0 Å². The molecule has 1 saturated carbocycles. The van der Waals surface area contributed by atoms with Gasteiger partial charge in [-0.25, -0.2) is 0 Å². The Kier molecular flexibility index (Phi) is 4.28. The zero-order chi connectivity index (χ0) is 13.2. The third-order valence-corrected chi connectivity index (χ3v) is 4.91. The summed E-state index contributed by atoms with van der Waals surface area (Å²) in [6, 6.07) is 0.209. The molecule has 0 radical (unpaired) electrons. The minimum atomic E-state index is -0.0661. The Bertz CT molecular complexity index is 299. The molecule has 18 heavy (non-hydrogen) atoms. The van der Waals surface area contributed by atoms with E-state index in [0.29, 0.717) is 12.5 Å². The van der Waals surface area contributed by atoms with E-state index in [4.69, 9.17) is 5.73 Å². The predicted octanol–water partition coefficient (Wildman–Crippen LogP) is 1.06. The third-order valence-electron chi connectivity index (χ3n) is 4.91. The minimum absolute atomic E-state index is 0.0661. The molecule has 1 aliphatic carbocycles. The van der Waals surface area contributed by atoms with Crippen molar-refractivity contribution in [3.63, 3.8) is 0 Å². The van der Waals surface area contributed by atoms with Crippen molar-refractivity contribution >= 4 is 5.91 Å². The van der Waals surface area contributed by atoms with Gasteiger partial charge in [-0.15, -0.1) is 0 Å². The highest BCUT2D eigenvalue weighted by Gasteiger charge is 2.44. The summed E-state index contributed by atoms with van der Waals surface area (Å²) in [5.74, 6) is 0.381. The van der Waals surface area contributed by atoms with Gasteiger partial charge in [-0.3, -0.25) is 4.79 Å². The van der Waals surface area contributed by atoms with E-state index < -0.39 is 0 Å². The molecule has 1 amide bonds. The maximum atomic E-state index is 12.9. The Balaban J connectivity index is 2.11. The van der Waals surface area contributed by atoms with E-state index in [9.17, 15) is 4.79 Å². The first kappa shape index (κ1) is 13.8. The molecule has 2 N–H and O–H groups in total. The fourth-order valence-corrected chi connectivity index (χ4v) is 3.55. The quantitative estimate of drug-likeness (QED) is 0.818. The number of hydrogen-bond acceptors (Lipinski definition) is 3. The highest BCUT2D eigenvalue weighted by molar-refractivity contribution is 5.83. The molecule has 1 atom stereocenters. The molecule has 1 aliphatic heterocycles. The van der Waals surface area contributed by atoms with Crippen molar-refractivity contribution in [2.24, 2.45) is 11.1 Å². The van der Waals surface area contributed by atoms with Crippen LogP contribution in [0.25, 0.3) is 0 Å². The Labute approximate surface area is 110 Å². The molecule has 1 heterocycles. The van der Waals surface area contributed by atoms with Gasteiger partial charge in [-0.2, -0.15) is 0 Å². The molecule has 0 aromatic rings. The number of carbonyl (C=O) groups excluding carboxylic acids is 1. The van der Waals surface area contributed by atoms with Gasteiger partial charge < -0.3 is 15.5 Å². The summed E-state index contributed by atoms with van der Waals surface area (Å²) in [4.78, 5) is 17.2. The molecule has 0 aromatic heterocycles. The lowest BCUT2D eigenvalue weighted by atomic mass is 9.81. The van der Waals surface area contributed by atoms with Crippen molar-refractivity contribution in [2.45, 2.75) is 45.1 Å². The Morgan fingerprint density at radius 2 is 2.00 bits per heavy atom. The van der Waals surface area contributed by atoms with Crippen LogP contribution in [0.3, 0.4) is 0 Å². The van der Waals surface area contributed by atoms with Crippen molar-refractivity contribution in [1.82, 2.24) is 9.80 Å². The average molecular weight is 253 g/mol. The van der Waals surface area contributed by atoms with Crippen molar-refractivity contribution in [3.8, 4) is 0 Å². The van der Waals surface area contributed by atoms with Crippen molar-refractivity contribution < 1.29 is 4.79 Å². The monoisotopic (exact) mass is 253 g/mol. The number of piperazine rings is 1. The maximum Gasteiger partial charge on any atom is 0.229 e. The van der Waals surface area contributed by atoms with Gasteiger partial charge in [0, 0.05) is 31.6 Å². The molecule has 2 rings (SSSR count). The van der Waals surface area contributed by atoms with Crippen molar-refractivity contribution in [2.75, 3.05) is 33.2 Å². The molecule has 4 heteroatoms. The molecule has 2 fully saturated rings. The van der Waals surface area contributed by atoms with Gasteiger partial charge in [0.15, 0.2) is 0 Å². The highest BCUT2D eigenvalue weighted by Crippen LogP contribution is 2.43. The molecule has 0 bridgehead atoms. The van der Waals surface area contributed by atoms with Crippen LogP contribution in [0.15, 0.2) is 0 Å². The van der Waals surface area contributed by atoms with Crippen LogP contribution in [0.1, 0.15) is 39.0 Å². The Morgan fingerprint density at radius 1 is 1.33 bits per heavy atom. The standard InChI is InChI=1S/C14H27N3O/c1-3-14(6-4-5-7-14)13(18)17-9-8-16(2)11-12(17)10-15/h12H,3-11,15H2,1-2H3. The zero-order valence-corrected chi connectivity index (χ0v) is 11.8. The third kappa shape index (κ3) is 2.41. The minimum Gasteiger partial charge on any atom is -0.335 e. The normalized spacial score (nSPS) is 28.6. The molecule has 2 aliphatic rings. The molecule has 0 spiro atoms. The second kappa shape index (κ2) is 5.57. The zero-order valence-electron chi connectivity index (χ0n) is 11.8. The summed E-state index contributed by atoms with van der Waals surface area (Å²) in [5.41, 5.74) is 5.79. The van der Waals surface area contributed by atoms with Crippen LogP contribution >= 0.6 is 0 Å². The summed E-state index contributed by atoms with van der Waals surface area (Å²) in [5, 5.41) is 0. The van der Waals surface area contributed by atoms with E-state index in [0.717, 1.165) is 38.9 Å². The summed E-state index contributed by atoms with van der Waals surface area (Å²) in [6.45, 7) is 5.48. The van der Waals surface area contributed by atoms with Gasteiger partial charge in [0.25, 0.3) is 0 Å². The van der Waals surface area contributed by atoms with Crippen LogP contribution in [0.2, 0.25) is 0 Å². The first-order chi connectivity index (χ1) is 8.63. The molecule has 1 saturated heterocycles. The number of carbonyl (C=O) groups is 1. The van der Waals surface area contributed by atoms with Crippen molar-refractivity contribution in [1.29, 1.82) is 0 Å². The van der Waals surface area contributed by atoms with Crippen LogP contribution in [0.4, 0.5) is 0 Å². The summed E-state index contributed by atoms with van der Waals surface area (Å²) < 4.78 is 0. The molecule has 0 aromatic carbocycles.